The monoisotopic (exact) mass is 1240 g/mol. The number of carbonyl (C=O) groups is 2. The number of aliphatic imine (C=N–C) groups is 1. The van der Waals surface area contributed by atoms with Crippen molar-refractivity contribution in [1.29, 1.82) is 0 Å². The normalized spacial score (nSPS) is 19.4. The molecule has 23 nitrogen and oxygen atoms in total. The smallest absolute Gasteiger partial charge is 0.323 e. The van der Waals surface area contributed by atoms with Crippen LogP contribution in [0.5, 0.6) is 0 Å². The van der Waals surface area contributed by atoms with Crippen LogP contribution in [0.25, 0.3) is 0 Å². The van der Waals surface area contributed by atoms with Crippen LogP contribution in [0.3, 0.4) is 0 Å². The number of rotatable bonds is 33. The number of hydrogen-bond donors (Lipinski definition) is 8. The molecule has 23 heteroatoms. The van der Waals surface area contributed by atoms with Crippen molar-refractivity contribution in [2.24, 2.45) is 4.99 Å². The molecule has 9 atom stereocenters. The highest BCUT2D eigenvalue weighted by molar-refractivity contribution is 5.78. The van der Waals surface area contributed by atoms with Crippen LogP contribution >= 0.6 is 0 Å². The predicted octanol–water partition coefficient (Wildman–Crippen LogP) is 5.75. The molecular weight excluding hydrogens is 1110 g/mol. The minimum atomic E-state index is -1.40. The number of carbonyl (C=O) groups excluding carboxylic acids is 2. The summed E-state index contributed by atoms with van der Waals surface area (Å²) in [6.45, 7) is 42.0. The van der Waals surface area contributed by atoms with Gasteiger partial charge in [0.15, 0.2) is 25.2 Å². The van der Waals surface area contributed by atoms with E-state index in [9.17, 15) is 45.3 Å². The first-order valence-corrected chi connectivity index (χ1v) is 31.7. The fraction of sp³-hybridized carbons (Fsp3) is 0.952. The Bertz CT molecular complexity index is 1850. The first-order valence-electron chi connectivity index (χ1n) is 31.7. The summed E-state index contributed by atoms with van der Waals surface area (Å²) in [5.74, 6) is -1.09. The van der Waals surface area contributed by atoms with Gasteiger partial charge in [-0.2, -0.15) is 0 Å². The highest BCUT2D eigenvalue weighted by Gasteiger charge is 2.37. The quantitative estimate of drug-likeness (QED) is 0.0220. The maximum Gasteiger partial charge on any atom is 0.323 e. The van der Waals surface area contributed by atoms with Crippen molar-refractivity contribution >= 4 is 18.2 Å². The van der Waals surface area contributed by atoms with E-state index < -0.39 is 107 Å². The molecule has 1 heterocycles. The van der Waals surface area contributed by atoms with Crippen LogP contribution in [0.15, 0.2) is 4.99 Å². The number of esters is 2. The predicted molar refractivity (Wildman–Crippen MR) is 336 cm³/mol. The molecule has 0 aliphatic carbocycles. The van der Waals surface area contributed by atoms with E-state index >= 15 is 0 Å². The first kappa shape index (κ1) is 81.9. The Kier molecular flexibility index (Phi) is 36.2. The van der Waals surface area contributed by atoms with Crippen LogP contribution in [0, 0.1) is 0 Å². The van der Waals surface area contributed by atoms with E-state index in [1.54, 1.807) is 51.3 Å². The average Bonchev–Trinajstić information content (AvgIpc) is 3.37. The lowest BCUT2D eigenvalue weighted by molar-refractivity contribution is -0.232. The van der Waals surface area contributed by atoms with E-state index in [0.717, 1.165) is 19.3 Å². The minimum Gasteiger partial charge on any atom is -0.459 e. The van der Waals surface area contributed by atoms with Gasteiger partial charge < -0.3 is 73.8 Å². The molecule has 510 valence electrons. The maximum absolute atomic E-state index is 14.2. The number of ether oxygens (including phenoxy) is 7. The Morgan fingerprint density at radius 3 is 1.50 bits per heavy atom. The third-order valence-corrected chi connectivity index (χ3v) is 13.0. The first-order chi connectivity index (χ1) is 39.2. The topological polar surface area (TPSA) is 281 Å². The van der Waals surface area contributed by atoms with Gasteiger partial charge >= 0.3 is 11.9 Å². The summed E-state index contributed by atoms with van der Waals surface area (Å²) in [7, 11) is 0. The molecule has 86 heavy (non-hydrogen) atoms. The van der Waals surface area contributed by atoms with Crippen LogP contribution in [-0.4, -0.2) is 259 Å². The maximum atomic E-state index is 14.2. The van der Waals surface area contributed by atoms with Crippen molar-refractivity contribution in [3.05, 3.63) is 0 Å². The number of hydrogen-bond acceptors (Lipinski definition) is 23. The second-order valence-electron chi connectivity index (χ2n) is 30.0. The summed E-state index contributed by atoms with van der Waals surface area (Å²) < 4.78 is 41.0. The van der Waals surface area contributed by atoms with Gasteiger partial charge in [0.1, 0.15) is 29.7 Å². The van der Waals surface area contributed by atoms with Gasteiger partial charge in [0, 0.05) is 45.5 Å². The van der Waals surface area contributed by atoms with E-state index in [1.807, 2.05) is 115 Å². The number of aliphatic hydroxyl groups excluding tert-OH is 7. The van der Waals surface area contributed by atoms with Crippen LogP contribution in [0.2, 0.25) is 0 Å². The largest absolute Gasteiger partial charge is 0.459 e. The van der Waals surface area contributed by atoms with E-state index in [0.29, 0.717) is 84.6 Å². The molecule has 1 aliphatic rings. The van der Waals surface area contributed by atoms with Crippen LogP contribution in [0.4, 0.5) is 0 Å². The lowest BCUT2D eigenvalue weighted by atomic mass is 10.1. The van der Waals surface area contributed by atoms with E-state index in [1.165, 1.54) is 0 Å². The molecule has 0 radical (unpaired) electrons. The zero-order valence-corrected chi connectivity index (χ0v) is 57.5. The molecule has 0 aromatic rings. The van der Waals surface area contributed by atoms with Gasteiger partial charge in [-0.15, -0.1) is 0 Å². The van der Waals surface area contributed by atoms with Crippen molar-refractivity contribution in [3.8, 4) is 0 Å². The Labute approximate surface area is 519 Å². The van der Waals surface area contributed by atoms with E-state index in [-0.39, 0.29) is 45.4 Å². The fourth-order valence-corrected chi connectivity index (χ4v) is 9.83. The van der Waals surface area contributed by atoms with Crippen LogP contribution in [-0.2, 0) is 42.7 Å². The molecular formula is C63H127N7O16. The zero-order valence-electron chi connectivity index (χ0n) is 57.5. The van der Waals surface area contributed by atoms with Gasteiger partial charge in [-0.1, -0.05) is 6.42 Å². The molecule has 8 N–H and O–H groups in total. The highest BCUT2D eigenvalue weighted by atomic mass is 16.6. The van der Waals surface area contributed by atoms with E-state index in [4.69, 9.17) is 38.2 Å². The molecule has 5 unspecified atom stereocenters. The van der Waals surface area contributed by atoms with E-state index in [2.05, 4.69) is 15.1 Å². The van der Waals surface area contributed by atoms with Crippen molar-refractivity contribution in [3.63, 3.8) is 0 Å². The summed E-state index contributed by atoms with van der Waals surface area (Å²) in [5.41, 5.74) is -5.02. The molecule has 0 saturated heterocycles. The summed E-state index contributed by atoms with van der Waals surface area (Å²) >= 11 is 0. The van der Waals surface area contributed by atoms with Gasteiger partial charge in [0.25, 0.3) is 0 Å². The van der Waals surface area contributed by atoms with Gasteiger partial charge in [0.05, 0.1) is 66.8 Å². The number of unbranched alkanes of at least 4 members (excludes halogenated alkanes) is 2. The zero-order chi connectivity index (χ0) is 66.1. The molecule has 0 aromatic carbocycles. The second-order valence-corrected chi connectivity index (χ2v) is 30.0. The van der Waals surface area contributed by atoms with Gasteiger partial charge in [-0.05, 0) is 216 Å². The minimum absolute atomic E-state index is 0.104. The lowest BCUT2D eigenvalue weighted by Crippen LogP contribution is -2.54. The Morgan fingerprint density at radius 1 is 0.512 bits per heavy atom. The Morgan fingerprint density at radius 2 is 1.00 bits per heavy atom. The van der Waals surface area contributed by atoms with Crippen molar-refractivity contribution in [2.45, 2.75) is 305 Å². The Hall–Kier alpha value is -2.11. The summed E-state index contributed by atoms with van der Waals surface area (Å²) in [4.78, 5) is 42.0. The number of aliphatic hydroxyl groups is 7. The third-order valence-electron chi connectivity index (χ3n) is 13.0. The fourth-order valence-electron chi connectivity index (χ4n) is 9.83. The Balaban J connectivity index is 3.63. The van der Waals surface area contributed by atoms with Gasteiger partial charge in [-0.25, -0.2) is 0 Å². The number of nitrogens with zero attached hydrogens (tertiary/aromatic N) is 6. The highest BCUT2D eigenvalue weighted by Crippen LogP contribution is 2.25. The molecule has 1 rings (SSSR count). The molecule has 0 bridgehead atoms. The lowest BCUT2D eigenvalue weighted by Gasteiger charge is -2.40. The summed E-state index contributed by atoms with van der Waals surface area (Å²) in [6.07, 6.45) is -1.22. The standard InChI is InChI=1S/C63H127N7O16/c1-57(2,3)80-50(73)42-69(43-51(74)81-58(4,5)6)46(54(77)84-61(13,14)15)28-25-35-66-36-26-32-64-34-39-67(37-27-38-68(41-40-66)48(71)29-23-22-24-33-65-56(79)86-63(19,20)21)49(72)31-30-47(55(78)85-62(16,17)18)70(44-52(75)82-59(7,8)9)45-53(76)83-60(10,11)12/h32,46-50,52-53,55-56,65,71-73,75-76,78-79H,22-31,33-45H2,1-21H3/t46?,47?,48-,49+,50?,52+,53?,55?,56+/m0/s1. The molecule has 0 amide bonds. The van der Waals surface area contributed by atoms with Crippen molar-refractivity contribution in [1.82, 2.24) is 29.8 Å². The molecule has 1 aliphatic heterocycles. The van der Waals surface area contributed by atoms with Crippen LogP contribution in [0.1, 0.15) is 210 Å². The van der Waals surface area contributed by atoms with Crippen molar-refractivity contribution in [2.75, 3.05) is 85.1 Å². The van der Waals surface area contributed by atoms with Crippen molar-refractivity contribution < 1.29 is 78.5 Å². The molecule has 0 saturated carbocycles. The SMILES string of the molecule is CC(C)(C)OC(=O)CN(CC(O)OC(C)(C)C)C(CCCN1CCC=NCCN([C@H](O)CCC(C(O)OC(C)(C)C)N(CC(O)OC(C)(C)C)C[C@H](O)OC(C)(C)C)CCCN([C@@H](O)CCCCCN[C@H](O)OC(C)(C)C)CC1)C(=O)OC(C)(C)C. The van der Waals surface area contributed by atoms with Crippen LogP contribution < -0.4 is 5.32 Å². The van der Waals surface area contributed by atoms with Gasteiger partial charge in [-0.3, -0.25) is 39.5 Å². The molecule has 0 aromatic heterocycles. The third kappa shape index (κ3) is 42.0. The number of nitrogens with one attached hydrogen (secondary N) is 1. The average molecular weight is 1240 g/mol. The second kappa shape index (κ2) is 38.0. The summed E-state index contributed by atoms with van der Waals surface area (Å²) in [5, 5.41) is 82.7. The molecule has 0 fully saturated rings. The summed E-state index contributed by atoms with van der Waals surface area (Å²) in [6, 6.07) is -1.76. The van der Waals surface area contributed by atoms with Gasteiger partial charge in [0.2, 0.25) is 6.41 Å². The molecule has 0 spiro atoms.